The third-order valence-corrected chi connectivity index (χ3v) is 5.65. The molecular weight excluding hydrogens is 363 g/mol. The fourth-order valence-corrected chi connectivity index (χ4v) is 3.53. The van der Waals surface area contributed by atoms with E-state index in [0.29, 0.717) is 19.0 Å². The van der Waals surface area contributed by atoms with Crippen LogP contribution >= 0.6 is 11.3 Å². The van der Waals surface area contributed by atoms with Crippen molar-refractivity contribution in [1.82, 2.24) is 15.5 Å². The molecule has 3 rings (SSSR count). The van der Waals surface area contributed by atoms with E-state index in [2.05, 4.69) is 15.6 Å². The van der Waals surface area contributed by atoms with Gasteiger partial charge in [0.1, 0.15) is 12.4 Å². The summed E-state index contributed by atoms with van der Waals surface area (Å²) in [5.74, 6) is 0.341. The van der Waals surface area contributed by atoms with Crippen molar-refractivity contribution in [2.45, 2.75) is 24.8 Å². The molecule has 1 amide bonds. The topological polar surface area (TPSA) is 56.7 Å². The summed E-state index contributed by atoms with van der Waals surface area (Å²) in [4.78, 5) is 19.0. The number of nitrogens with zero attached hydrogens (tertiary/aromatic N) is 2. The fourth-order valence-electron chi connectivity index (χ4n) is 2.88. The first-order valence-corrected chi connectivity index (χ1v) is 9.88. The second kappa shape index (κ2) is 8.52. The van der Waals surface area contributed by atoms with Gasteiger partial charge in [0.2, 0.25) is 5.91 Å². The third kappa shape index (κ3) is 5.07. The molecule has 144 valence electrons. The molecule has 1 saturated carbocycles. The Morgan fingerprint density at radius 2 is 2.00 bits per heavy atom. The number of hydrogen-bond donors (Lipinski definition) is 2. The Bertz CT molecular complexity index is 800. The Morgan fingerprint density at radius 3 is 2.63 bits per heavy atom. The summed E-state index contributed by atoms with van der Waals surface area (Å²) in [6, 6.07) is 11.0. The van der Waals surface area contributed by atoms with Crippen LogP contribution in [-0.2, 0) is 16.8 Å². The molecule has 5 nitrogen and oxygen atoms in total. The number of carbonyl (C=O) groups excluding carboxylic acids is 1. The van der Waals surface area contributed by atoms with Crippen LogP contribution in [0.4, 0.5) is 4.39 Å². The Kier molecular flexibility index (Phi) is 6.11. The highest BCUT2D eigenvalue weighted by atomic mass is 32.1. The first kappa shape index (κ1) is 19.4. The lowest BCUT2D eigenvalue weighted by molar-refractivity contribution is -0.127. The summed E-state index contributed by atoms with van der Waals surface area (Å²) in [6.45, 7) is 1.28. The average molecular weight is 389 g/mol. The Labute approximate surface area is 163 Å². The lowest BCUT2D eigenvalue weighted by Crippen LogP contribution is -2.41. The van der Waals surface area contributed by atoms with Crippen LogP contribution in [0.3, 0.4) is 0 Å². The molecular formula is C20H25FN4OS. The lowest BCUT2D eigenvalue weighted by Gasteiger charge is -2.20. The van der Waals surface area contributed by atoms with Gasteiger partial charge in [0.15, 0.2) is 5.96 Å². The molecule has 0 atom stereocenters. The van der Waals surface area contributed by atoms with Gasteiger partial charge in [-0.05, 0) is 35.9 Å². The Balaban J connectivity index is 1.66. The molecule has 1 aromatic heterocycles. The van der Waals surface area contributed by atoms with Gasteiger partial charge in [0.25, 0.3) is 0 Å². The van der Waals surface area contributed by atoms with Gasteiger partial charge in [0.05, 0.1) is 6.54 Å². The highest BCUT2D eigenvalue weighted by Gasteiger charge is 2.45. The molecule has 2 aromatic rings. The van der Waals surface area contributed by atoms with E-state index >= 15 is 0 Å². The number of amides is 1. The maximum Gasteiger partial charge on any atom is 0.243 e. The van der Waals surface area contributed by atoms with Gasteiger partial charge in [-0.25, -0.2) is 9.38 Å². The number of aliphatic imine (C=N–C) groups is 1. The highest BCUT2D eigenvalue weighted by Crippen LogP contribution is 2.48. The van der Waals surface area contributed by atoms with Gasteiger partial charge < -0.3 is 15.5 Å². The second-order valence-electron chi connectivity index (χ2n) is 7.00. The molecule has 0 saturated heterocycles. The number of hydrogen-bond acceptors (Lipinski definition) is 3. The first-order valence-electron chi connectivity index (χ1n) is 9.00. The molecule has 2 N–H and O–H groups in total. The maximum atomic E-state index is 14.2. The van der Waals surface area contributed by atoms with E-state index in [9.17, 15) is 9.18 Å². The van der Waals surface area contributed by atoms with Crippen LogP contribution in [0, 0.1) is 5.82 Å². The summed E-state index contributed by atoms with van der Waals surface area (Å²) >= 11 is 1.66. The molecule has 1 fully saturated rings. The van der Waals surface area contributed by atoms with Gasteiger partial charge in [0, 0.05) is 30.9 Å². The van der Waals surface area contributed by atoms with Gasteiger partial charge >= 0.3 is 0 Å². The molecule has 1 aliphatic carbocycles. The summed E-state index contributed by atoms with van der Waals surface area (Å²) < 4.78 is 14.2. The maximum absolute atomic E-state index is 14.2. The van der Waals surface area contributed by atoms with E-state index in [1.807, 2.05) is 29.6 Å². The molecule has 1 heterocycles. The summed E-state index contributed by atoms with van der Waals surface area (Å²) in [7, 11) is 3.42. The number of nitrogens with one attached hydrogen (secondary N) is 2. The molecule has 1 aliphatic rings. The fraction of sp³-hybridized carbons (Fsp3) is 0.400. The number of rotatable bonds is 7. The predicted octanol–water partition coefficient (Wildman–Crippen LogP) is 2.74. The predicted molar refractivity (Wildman–Crippen MR) is 107 cm³/mol. The molecule has 0 spiro atoms. The molecule has 0 unspecified atom stereocenters. The third-order valence-electron chi connectivity index (χ3n) is 4.77. The van der Waals surface area contributed by atoms with Crippen molar-refractivity contribution in [2.24, 2.45) is 4.99 Å². The average Bonchev–Trinajstić information content (AvgIpc) is 3.25. The van der Waals surface area contributed by atoms with Crippen LogP contribution in [-0.4, -0.2) is 44.0 Å². The van der Waals surface area contributed by atoms with Gasteiger partial charge in [-0.15, -0.1) is 11.3 Å². The molecule has 27 heavy (non-hydrogen) atoms. The minimum atomic E-state index is -0.192. The van der Waals surface area contributed by atoms with E-state index < -0.39 is 0 Å². The number of benzene rings is 1. The van der Waals surface area contributed by atoms with E-state index in [-0.39, 0.29) is 23.7 Å². The normalized spacial score (nSPS) is 15.3. The van der Waals surface area contributed by atoms with Crippen molar-refractivity contribution in [3.05, 3.63) is 58.0 Å². The number of halogens is 1. The number of likely N-dealkylation sites (N-methyl/N-ethyl adjacent to an activating group) is 1. The zero-order valence-electron chi connectivity index (χ0n) is 15.7. The van der Waals surface area contributed by atoms with Gasteiger partial charge in [-0.3, -0.25) is 4.79 Å². The SMILES string of the molecule is CN(C)C(=O)CN=C(NCc1cccs1)NCC1(c2ccccc2F)CC1. The van der Waals surface area contributed by atoms with E-state index in [4.69, 9.17) is 0 Å². The lowest BCUT2D eigenvalue weighted by atomic mass is 9.95. The second-order valence-corrected chi connectivity index (χ2v) is 8.03. The van der Waals surface area contributed by atoms with Crippen LogP contribution < -0.4 is 10.6 Å². The van der Waals surface area contributed by atoms with Crippen LogP contribution in [0.2, 0.25) is 0 Å². The Morgan fingerprint density at radius 1 is 1.22 bits per heavy atom. The van der Waals surface area contributed by atoms with Crippen molar-refractivity contribution in [1.29, 1.82) is 0 Å². The minimum absolute atomic E-state index is 0.0672. The van der Waals surface area contributed by atoms with Crippen LogP contribution in [0.15, 0.2) is 46.8 Å². The van der Waals surface area contributed by atoms with E-state index in [0.717, 1.165) is 18.4 Å². The minimum Gasteiger partial charge on any atom is -0.355 e. The van der Waals surface area contributed by atoms with Crippen molar-refractivity contribution < 1.29 is 9.18 Å². The molecule has 0 radical (unpaired) electrons. The van der Waals surface area contributed by atoms with E-state index in [1.165, 1.54) is 15.8 Å². The zero-order valence-corrected chi connectivity index (χ0v) is 16.5. The first-order chi connectivity index (χ1) is 13.0. The van der Waals surface area contributed by atoms with Crippen LogP contribution in [0.5, 0.6) is 0 Å². The van der Waals surface area contributed by atoms with Crippen LogP contribution in [0.25, 0.3) is 0 Å². The molecule has 7 heteroatoms. The number of carbonyl (C=O) groups is 1. The van der Waals surface area contributed by atoms with Crippen molar-refractivity contribution >= 4 is 23.2 Å². The highest BCUT2D eigenvalue weighted by molar-refractivity contribution is 7.09. The number of thiophene rings is 1. The van der Waals surface area contributed by atoms with Crippen molar-refractivity contribution in [3.8, 4) is 0 Å². The summed E-state index contributed by atoms with van der Waals surface area (Å²) in [5.41, 5.74) is 0.557. The van der Waals surface area contributed by atoms with Crippen molar-refractivity contribution in [3.63, 3.8) is 0 Å². The monoisotopic (exact) mass is 388 g/mol. The largest absolute Gasteiger partial charge is 0.355 e. The number of guanidine groups is 1. The quantitative estimate of drug-likeness (QED) is 0.566. The summed E-state index contributed by atoms with van der Waals surface area (Å²) in [6.07, 6.45) is 1.88. The smallest absolute Gasteiger partial charge is 0.243 e. The van der Waals surface area contributed by atoms with Gasteiger partial charge in [-0.1, -0.05) is 24.3 Å². The molecule has 0 aliphatic heterocycles. The zero-order chi connectivity index (χ0) is 19.3. The molecule has 1 aromatic carbocycles. The summed E-state index contributed by atoms with van der Waals surface area (Å²) in [5, 5.41) is 8.60. The molecule has 0 bridgehead atoms. The van der Waals surface area contributed by atoms with Crippen LogP contribution in [0.1, 0.15) is 23.3 Å². The standard InChI is InChI=1S/C20H25FN4OS/c1-25(2)18(26)13-23-19(22-12-15-6-5-11-27-15)24-14-20(9-10-20)16-7-3-4-8-17(16)21/h3-8,11H,9-10,12-14H2,1-2H3,(H2,22,23,24). The van der Waals surface area contributed by atoms with Crippen molar-refractivity contribution in [2.75, 3.05) is 27.2 Å². The van der Waals surface area contributed by atoms with Gasteiger partial charge in [-0.2, -0.15) is 0 Å². The van der Waals surface area contributed by atoms with E-state index in [1.54, 1.807) is 31.5 Å². The Hall–Kier alpha value is -2.41.